The second-order valence-electron chi connectivity index (χ2n) is 13.2. The minimum Gasteiger partial charge on any atom is -0.458 e. The molecule has 0 aromatic heterocycles. The van der Waals surface area contributed by atoms with Crippen LogP contribution < -0.4 is 10.6 Å². The highest BCUT2D eigenvalue weighted by Crippen LogP contribution is 2.59. The molecular formula is C39H36IN3O8. The lowest BCUT2D eigenvalue weighted by molar-refractivity contribution is -0.213. The molecule has 0 spiro atoms. The third-order valence-electron chi connectivity index (χ3n) is 10.2. The molecule has 6 atom stereocenters. The van der Waals surface area contributed by atoms with E-state index in [1.807, 2.05) is 91.0 Å². The molecule has 3 N–H and O–H groups in total. The Labute approximate surface area is 308 Å². The highest BCUT2D eigenvalue weighted by molar-refractivity contribution is 14.1. The molecule has 4 aromatic rings. The van der Waals surface area contributed by atoms with Crippen molar-refractivity contribution in [1.29, 1.82) is 0 Å². The molecule has 12 heteroatoms. The molecule has 3 heterocycles. The zero-order valence-corrected chi connectivity index (χ0v) is 29.6. The van der Waals surface area contributed by atoms with E-state index in [-0.39, 0.29) is 44.5 Å². The maximum atomic E-state index is 14.8. The number of halogens is 1. The number of aliphatic hydroxyl groups excluding tert-OH is 1. The SMILES string of the molecule is O=C(NCCO)c1cccc(CNC(=O)[C@@]23C[C@H]4OC(=O)[C@@H]2N(Cc2cccc(I)c2)O[C@@H]3[C@H]2OC(c3ccccc3)(c3ccccc3)O[C@H]24)c1. The number of hydrogen-bond acceptors (Lipinski definition) is 9. The monoisotopic (exact) mass is 801 g/mol. The molecule has 2 amide bonds. The topological polar surface area (TPSA) is 136 Å². The molecule has 3 saturated heterocycles. The van der Waals surface area contributed by atoms with E-state index < -0.39 is 47.6 Å². The van der Waals surface area contributed by atoms with Gasteiger partial charge in [-0.05, 0) is 58.0 Å². The van der Waals surface area contributed by atoms with Gasteiger partial charge in [0.25, 0.3) is 5.91 Å². The quantitative estimate of drug-likeness (QED) is 0.162. The number of carbonyl (C=O) groups is 3. The molecule has 8 rings (SSSR count). The Morgan fingerprint density at radius 2 is 1.53 bits per heavy atom. The lowest BCUT2D eigenvalue weighted by atomic mass is 9.62. The van der Waals surface area contributed by atoms with Crippen LogP contribution in [0, 0.1) is 8.99 Å². The van der Waals surface area contributed by atoms with E-state index in [1.165, 1.54) is 0 Å². The molecule has 4 fully saturated rings. The molecule has 1 aliphatic carbocycles. The standard InChI is InChI=1S/C39H36IN3O8/c40-29-16-8-10-25(20-29)23-43-33-36(46)48-30-21-38(33,37(47)42-22-24-9-7-11-26(19-24)35(45)41-17-18-44)34(51-43)32-31(30)49-39(50-32,27-12-3-1-4-13-27)28-14-5-2-6-15-28/h1-16,19-20,30-34,44H,17-18,21-23H2,(H,41,45)(H,42,47)/t30-,31+,32+,33+,34-,38+/m1/s1. The number of carbonyl (C=O) groups excluding carboxylic acids is 3. The van der Waals surface area contributed by atoms with E-state index in [1.54, 1.807) is 23.3 Å². The molecule has 1 saturated carbocycles. The van der Waals surface area contributed by atoms with E-state index in [0.29, 0.717) is 11.1 Å². The maximum Gasteiger partial charge on any atom is 0.327 e. The lowest BCUT2D eigenvalue weighted by Crippen LogP contribution is -2.69. The van der Waals surface area contributed by atoms with Crippen LogP contribution in [0.4, 0.5) is 0 Å². The summed E-state index contributed by atoms with van der Waals surface area (Å²) in [6.07, 6.45) is -3.03. The average molecular weight is 802 g/mol. The van der Waals surface area contributed by atoms with Crippen LogP contribution >= 0.6 is 22.6 Å². The van der Waals surface area contributed by atoms with Gasteiger partial charge in [-0.3, -0.25) is 19.2 Å². The van der Waals surface area contributed by atoms with Crippen LogP contribution in [0.25, 0.3) is 0 Å². The van der Waals surface area contributed by atoms with Crippen LogP contribution in [0.15, 0.2) is 109 Å². The average Bonchev–Trinajstić information content (AvgIpc) is 3.73. The van der Waals surface area contributed by atoms with Gasteiger partial charge in [0.05, 0.1) is 13.2 Å². The maximum absolute atomic E-state index is 14.8. The van der Waals surface area contributed by atoms with Crippen LogP contribution in [-0.4, -0.2) is 71.6 Å². The summed E-state index contributed by atoms with van der Waals surface area (Å²) in [7, 11) is 0. The van der Waals surface area contributed by atoms with Crippen molar-refractivity contribution in [3.63, 3.8) is 0 Å². The number of nitrogens with zero attached hydrogens (tertiary/aromatic N) is 1. The molecule has 51 heavy (non-hydrogen) atoms. The fourth-order valence-corrected chi connectivity index (χ4v) is 8.55. The van der Waals surface area contributed by atoms with Crippen molar-refractivity contribution >= 4 is 40.4 Å². The molecule has 0 unspecified atom stereocenters. The Morgan fingerprint density at radius 1 is 0.843 bits per heavy atom. The van der Waals surface area contributed by atoms with Crippen molar-refractivity contribution in [2.45, 2.75) is 55.8 Å². The van der Waals surface area contributed by atoms with Gasteiger partial charge >= 0.3 is 5.97 Å². The number of nitrogens with one attached hydrogen (secondary N) is 2. The fourth-order valence-electron chi connectivity index (χ4n) is 7.94. The Balaban J connectivity index is 1.17. The summed E-state index contributed by atoms with van der Waals surface area (Å²) in [5.74, 6) is -2.61. The molecule has 3 aliphatic heterocycles. The first kappa shape index (κ1) is 33.9. The van der Waals surface area contributed by atoms with E-state index in [9.17, 15) is 14.4 Å². The third kappa shape index (κ3) is 5.93. The van der Waals surface area contributed by atoms with Gasteiger partial charge in [-0.2, -0.15) is 5.06 Å². The predicted molar refractivity (Wildman–Crippen MR) is 191 cm³/mol. The Bertz CT molecular complexity index is 1910. The van der Waals surface area contributed by atoms with Gasteiger partial charge < -0.3 is 30.0 Å². The summed E-state index contributed by atoms with van der Waals surface area (Å²) in [5, 5.41) is 16.4. The summed E-state index contributed by atoms with van der Waals surface area (Å²) in [5.41, 5.74) is 2.14. The van der Waals surface area contributed by atoms with Gasteiger partial charge in [0.15, 0.2) is 6.04 Å². The number of amides is 2. The molecule has 262 valence electrons. The Kier molecular flexibility index (Phi) is 9.15. The van der Waals surface area contributed by atoms with Gasteiger partial charge in [0, 0.05) is 39.8 Å². The zero-order chi connectivity index (χ0) is 35.2. The Morgan fingerprint density at radius 3 is 2.24 bits per heavy atom. The van der Waals surface area contributed by atoms with Crippen molar-refractivity contribution in [3.8, 4) is 0 Å². The second-order valence-corrected chi connectivity index (χ2v) is 14.5. The first-order chi connectivity index (χ1) is 24.8. The van der Waals surface area contributed by atoms with E-state index in [4.69, 9.17) is 24.2 Å². The summed E-state index contributed by atoms with van der Waals surface area (Å²) in [4.78, 5) is 48.2. The van der Waals surface area contributed by atoms with Crippen molar-refractivity contribution in [2.75, 3.05) is 13.2 Å². The van der Waals surface area contributed by atoms with Crippen molar-refractivity contribution in [3.05, 3.63) is 141 Å². The van der Waals surface area contributed by atoms with Crippen molar-refractivity contribution < 1.29 is 38.5 Å². The zero-order valence-electron chi connectivity index (χ0n) is 27.4. The largest absolute Gasteiger partial charge is 0.458 e. The lowest BCUT2D eigenvalue weighted by Gasteiger charge is -2.48. The van der Waals surface area contributed by atoms with Gasteiger partial charge in [-0.25, -0.2) is 0 Å². The normalized spacial score (nSPS) is 27.3. The minimum absolute atomic E-state index is 0.0984. The number of benzene rings is 4. The Hall–Kier alpha value is -4.18. The molecular weight excluding hydrogens is 765 g/mol. The fraction of sp³-hybridized carbons (Fsp3) is 0.308. The molecule has 2 bridgehead atoms. The summed E-state index contributed by atoms with van der Waals surface area (Å²) < 4.78 is 21.1. The second kappa shape index (κ2) is 13.7. The highest BCUT2D eigenvalue weighted by atomic mass is 127. The first-order valence-corrected chi connectivity index (χ1v) is 18.0. The minimum atomic E-state index is -1.38. The van der Waals surface area contributed by atoms with Gasteiger partial charge in [-0.15, -0.1) is 0 Å². The highest BCUT2D eigenvalue weighted by Gasteiger charge is 2.76. The summed E-state index contributed by atoms with van der Waals surface area (Å²) in [6, 6.07) is 33.0. The predicted octanol–water partition coefficient (Wildman–Crippen LogP) is 3.81. The number of fused-ring (bicyclic) bond motifs is 4. The van der Waals surface area contributed by atoms with Crippen LogP contribution in [-0.2, 0) is 47.5 Å². The summed E-state index contributed by atoms with van der Waals surface area (Å²) >= 11 is 2.24. The number of hydroxylamine groups is 2. The number of rotatable bonds is 10. The van der Waals surface area contributed by atoms with Crippen molar-refractivity contribution in [2.24, 2.45) is 5.41 Å². The van der Waals surface area contributed by atoms with Crippen LogP contribution in [0.3, 0.4) is 0 Å². The van der Waals surface area contributed by atoms with Crippen LogP contribution in [0.2, 0.25) is 0 Å². The summed E-state index contributed by atoms with van der Waals surface area (Å²) in [6.45, 7) is 0.289. The number of esters is 1. The first-order valence-electron chi connectivity index (χ1n) is 16.9. The number of ether oxygens (including phenoxy) is 3. The molecule has 0 radical (unpaired) electrons. The van der Waals surface area contributed by atoms with E-state index in [0.717, 1.165) is 20.3 Å². The van der Waals surface area contributed by atoms with E-state index in [2.05, 4.69) is 33.2 Å². The smallest absolute Gasteiger partial charge is 0.327 e. The van der Waals surface area contributed by atoms with Crippen molar-refractivity contribution in [1.82, 2.24) is 15.7 Å². The molecule has 11 nitrogen and oxygen atoms in total. The van der Waals surface area contributed by atoms with Gasteiger partial charge in [-0.1, -0.05) is 84.9 Å². The van der Waals surface area contributed by atoms with Crippen LogP contribution in [0.1, 0.15) is 39.0 Å². The molecule has 4 aliphatic rings. The van der Waals surface area contributed by atoms with Crippen LogP contribution in [0.5, 0.6) is 0 Å². The number of aliphatic hydroxyl groups is 1. The van der Waals surface area contributed by atoms with Gasteiger partial charge in [0.2, 0.25) is 11.7 Å². The third-order valence-corrected chi connectivity index (χ3v) is 10.8. The number of hydrogen-bond donors (Lipinski definition) is 3. The molecule has 4 aromatic carbocycles. The van der Waals surface area contributed by atoms with E-state index >= 15 is 0 Å². The van der Waals surface area contributed by atoms with Gasteiger partial charge in [0.1, 0.15) is 29.8 Å².